The van der Waals surface area contributed by atoms with Crippen LogP contribution >= 0.6 is 0 Å². The molecule has 4 aliphatic carbocycles. The number of aliphatic carboxylic acids is 1. The SMILES string of the molecule is CCC(=O)O.COC1CCC2(C)C(=CCC3C4CC=C(c5cccnc5)C4(C)CC[C@@H]32)C1.O=CCCC(=O)NCc1ccccc1. The van der Waals surface area contributed by atoms with Crippen molar-refractivity contribution >= 4 is 23.7 Å². The molecular formula is C39H52N2O5. The van der Waals surface area contributed by atoms with Gasteiger partial charge in [-0.25, -0.2) is 0 Å². The van der Waals surface area contributed by atoms with Crippen molar-refractivity contribution in [3.8, 4) is 0 Å². The fraction of sp³-hybridized carbons (Fsp3) is 0.538. The predicted octanol–water partition coefficient (Wildman–Crippen LogP) is 7.82. The molecule has 0 aliphatic heterocycles. The van der Waals surface area contributed by atoms with Crippen LogP contribution < -0.4 is 5.32 Å². The Hall–Kier alpha value is -3.58. The number of nitrogens with zero attached hydrogens (tertiary/aromatic N) is 1. The first-order valence-corrected chi connectivity index (χ1v) is 17.0. The molecule has 0 spiro atoms. The van der Waals surface area contributed by atoms with Crippen molar-refractivity contribution < 1.29 is 24.2 Å². The maximum Gasteiger partial charge on any atom is 0.303 e. The Balaban J connectivity index is 0.000000212. The number of methoxy groups -OCH3 is 1. The zero-order valence-corrected chi connectivity index (χ0v) is 28.0. The van der Waals surface area contributed by atoms with Gasteiger partial charge in [0.2, 0.25) is 5.91 Å². The largest absolute Gasteiger partial charge is 0.481 e. The van der Waals surface area contributed by atoms with Crippen molar-refractivity contribution in [1.29, 1.82) is 0 Å². The molecule has 6 rings (SSSR count). The quantitative estimate of drug-likeness (QED) is 0.228. The molecule has 6 atom stereocenters. The number of rotatable bonds is 8. The van der Waals surface area contributed by atoms with Gasteiger partial charge in [-0.3, -0.25) is 14.6 Å². The van der Waals surface area contributed by atoms with Crippen LogP contribution in [0.5, 0.6) is 0 Å². The number of aromatic nitrogens is 1. The molecule has 1 aromatic heterocycles. The van der Waals surface area contributed by atoms with E-state index < -0.39 is 5.97 Å². The van der Waals surface area contributed by atoms with Gasteiger partial charge in [-0.2, -0.15) is 0 Å². The Morgan fingerprint density at radius 1 is 1.02 bits per heavy atom. The first kappa shape index (κ1) is 35.3. The lowest BCUT2D eigenvalue weighted by Gasteiger charge is -2.58. The number of fused-ring (bicyclic) bond motifs is 5. The maximum absolute atomic E-state index is 11.1. The third-order valence-electron chi connectivity index (χ3n) is 11.1. The first-order valence-electron chi connectivity index (χ1n) is 17.0. The van der Waals surface area contributed by atoms with Crippen LogP contribution in [-0.2, 0) is 25.7 Å². The highest BCUT2D eigenvalue weighted by Gasteiger charge is 2.56. The van der Waals surface area contributed by atoms with Crippen molar-refractivity contribution in [2.45, 2.75) is 97.6 Å². The number of hydrogen-bond acceptors (Lipinski definition) is 5. The Morgan fingerprint density at radius 3 is 2.41 bits per heavy atom. The highest BCUT2D eigenvalue weighted by Crippen LogP contribution is 2.66. The van der Waals surface area contributed by atoms with Crippen molar-refractivity contribution in [3.05, 3.63) is 83.7 Å². The molecule has 2 N–H and O–H groups in total. The summed E-state index contributed by atoms with van der Waals surface area (Å²) < 4.78 is 5.71. The van der Waals surface area contributed by atoms with Crippen molar-refractivity contribution in [2.75, 3.05) is 7.11 Å². The van der Waals surface area contributed by atoms with Crippen LogP contribution in [0.3, 0.4) is 0 Å². The fourth-order valence-electron chi connectivity index (χ4n) is 8.44. The Labute approximate surface area is 274 Å². The van der Waals surface area contributed by atoms with Crippen LogP contribution in [0.25, 0.3) is 5.57 Å². The zero-order chi connectivity index (χ0) is 33.2. The van der Waals surface area contributed by atoms with Crippen molar-refractivity contribution in [2.24, 2.45) is 28.6 Å². The summed E-state index contributed by atoms with van der Waals surface area (Å²) in [5, 5.41) is 10.5. The fourth-order valence-corrected chi connectivity index (χ4v) is 8.44. The number of benzene rings is 1. The molecule has 5 unspecified atom stereocenters. The van der Waals surface area contributed by atoms with Crippen LogP contribution in [0.2, 0.25) is 0 Å². The summed E-state index contributed by atoms with van der Waals surface area (Å²) in [6.07, 6.45) is 20.1. The van der Waals surface area contributed by atoms with Crippen LogP contribution in [-0.4, -0.2) is 41.5 Å². The van der Waals surface area contributed by atoms with Gasteiger partial charge in [0, 0.05) is 45.3 Å². The molecule has 0 bridgehead atoms. The van der Waals surface area contributed by atoms with E-state index in [2.05, 4.69) is 54.6 Å². The van der Waals surface area contributed by atoms with Gasteiger partial charge in [0.25, 0.3) is 0 Å². The van der Waals surface area contributed by atoms with E-state index in [0.717, 1.165) is 36.0 Å². The van der Waals surface area contributed by atoms with Crippen molar-refractivity contribution in [1.82, 2.24) is 10.3 Å². The van der Waals surface area contributed by atoms with E-state index in [1.807, 2.05) is 43.6 Å². The summed E-state index contributed by atoms with van der Waals surface area (Å²) in [4.78, 5) is 34.9. The molecule has 2 saturated carbocycles. The van der Waals surface area contributed by atoms with Gasteiger partial charge in [0.15, 0.2) is 0 Å². The van der Waals surface area contributed by atoms with Crippen LogP contribution in [0.15, 0.2) is 72.6 Å². The number of carboxylic acids is 1. The lowest BCUT2D eigenvalue weighted by molar-refractivity contribution is -0.136. The smallest absolute Gasteiger partial charge is 0.303 e. The minimum Gasteiger partial charge on any atom is -0.481 e. The van der Waals surface area contributed by atoms with Gasteiger partial charge in [-0.1, -0.05) is 74.9 Å². The Morgan fingerprint density at radius 2 is 1.76 bits per heavy atom. The van der Waals surface area contributed by atoms with Gasteiger partial charge < -0.3 is 20.0 Å². The van der Waals surface area contributed by atoms with Gasteiger partial charge in [-0.15, -0.1) is 0 Å². The van der Waals surface area contributed by atoms with Crippen LogP contribution in [0.1, 0.15) is 96.1 Å². The number of carboxylic acid groups (broad SMARTS) is 1. The second-order valence-electron chi connectivity index (χ2n) is 13.6. The van der Waals surface area contributed by atoms with E-state index in [4.69, 9.17) is 9.84 Å². The highest BCUT2D eigenvalue weighted by molar-refractivity contribution is 5.78. The molecule has 7 heteroatoms. The first-order chi connectivity index (χ1) is 22.2. The number of carbonyl (C=O) groups is 3. The average molecular weight is 629 g/mol. The molecule has 0 saturated heterocycles. The van der Waals surface area contributed by atoms with Gasteiger partial charge in [-0.05, 0) is 96.3 Å². The molecule has 1 aromatic carbocycles. The number of amides is 1. The molecule has 2 aromatic rings. The number of pyridine rings is 1. The normalized spacial score (nSPS) is 29.0. The summed E-state index contributed by atoms with van der Waals surface area (Å²) in [6.45, 7) is 7.25. The summed E-state index contributed by atoms with van der Waals surface area (Å²) in [7, 11) is 1.88. The van der Waals surface area contributed by atoms with E-state index in [-0.39, 0.29) is 18.7 Å². The highest BCUT2D eigenvalue weighted by atomic mass is 16.5. The average Bonchev–Trinajstić information content (AvgIpc) is 3.44. The number of carbonyl (C=O) groups excluding carboxylic acids is 2. The lowest BCUT2D eigenvalue weighted by atomic mass is 9.47. The number of hydrogen-bond donors (Lipinski definition) is 2. The second kappa shape index (κ2) is 16.3. The lowest BCUT2D eigenvalue weighted by Crippen LogP contribution is -2.49. The topological polar surface area (TPSA) is 106 Å². The summed E-state index contributed by atoms with van der Waals surface area (Å²) >= 11 is 0. The number of allylic oxidation sites excluding steroid dienone is 3. The molecule has 248 valence electrons. The molecule has 46 heavy (non-hydrogen) atoms. The predicted molar refractivity (Wildman–Crippen MR) is 182 cm³/mol. The van der Waals surface area contributed by atoms with Gasteiger partial charge in [0.1, 0.15) is 6.29 Å². The van der Waals surface area contributed by atoms with E-state index in [1.54, 1.807) is 18.1 Å². The monoisotopic (exact) mass is 628 g/mol. The molecule has 0 radical (unpaired) electrons. The zero-order valence-electron chi connectivity index (χ0n) is 28.0. The third kappa shape index (κ3) is 8.22. The van der Waals surface area contributed by atoms with E-state index in [1.165, 1.54) is 44.1 Å². The number of aldehydes is 1. The molecule has 7 nitrogen and oxygen atoms in total. The number of ether oxygens (including phenoxy) is 1. The third-order valence-corrected chi connectivity index (χ3v) is 11.1. The summed E-state index contributed by atoms with van der Waals surface area (Å²) in [6, 6.07) is 14.0. The minimum absolute atomic E-state index is 0.0825. The molecule has 4 aliphatic rings. The molecule has 1 amide bonds. The number of nitrogens with one attached hydrogen (secondary N) is 1. The van der Waals surface area contributed by atoms with E-state index >= 15 is 0 Å². The molecule has 1 heterocycles. The maximum atomic E-state index is 11.1. The Bertz CT molecular complexity index is 1370. The van der Waals surface area contributed by atoms with E-state index in [0.29, 0.717) is 29.9 Å². The minimum atomic E-state index is -0.745. The summed E-state index contributed by atoms with van der Waals surface area (Å²) in [5.74, 6) is 1.66. The van der Waals surface area contributed by atoms with Gasteiger partial charge in [0.05, 0.1) is 6.10 Å². The standard InChI is InChI=1S/C25H33NO.C11H13NO2.C3H6O2/c1-24-12-10-19(27-3)15-18(24)6-7-20-22-9-8-21(17-5-4-14-26-16-17)25(22,2)13-11-23(20)24;13-8-4-7-11(14)12-9-10-5-2-1-3-6-10;1-2-3(4)5/h4-6,8,14,16,19-20,22-23H,7,9-13,15H2,1-3H3;1-3,5-6,8H,4,7,9H2,(H,12,14);2H2,1H3,(H,4,5)/t19?,20?,22?,23-,24?,25?;;/m0../s1. The molecular weight excluding hydrogens is 576 g/mol. The van der Waals surface area contributed by atoms with Crippen molar-refractivity contribution in [3.63, 3.8) is 0 Å². The Kier molecular flexibility index (Phi) is 12.5. The second-order valence-corrected chi connectivity index (χ2v) is 13.6. The van der Waals surface area contributed by atoms with Crippen LogP contribution in [0, 0.1) is 28.6 Å². The van der Waals surface area contributed by atoms with E-state index in [9.17, 15) is 14.4 Å². The summed E-state index contributed by atoms with van der Waals surface area (Å²) in [5.41, 5.74) is 6.43. The molecule has 2 fully saturated rings. The van der Waals surface area contributed by atoms with Gasteiger partial charge >= 0.3 is 5.97 Å². The van der Waals surface area contributed by atoms with Crippen LogP contribution in [0.4, 0.5) is 0 Å².